The van der Waals surface area contributed by atoms with Gasteiger partial charge in [0.2, 0.25) is 0 Å². The summed E-state index contributed by atoms with van der Waals surface area (Å²) in [6.07, 6.45) is 14.0. The van der Waals surface area contributed by atoms with Gasteiger partial charge in [-0.15, -0.1) is 6.58 Å². The number of benzene rings is 2. The Labute approximate surface area is 338 Å². The summed E-state index contributed by atoms with van der Waals surface area (Å²) < 4.78 is 5.74. The standard InChI is InChI=1S/C23H33ClN2O2.C11H14N4O.C6H13N.2C2H6/c1-3-8-18-17-19(24)11-12-21(18)22(4-2)25-13-15-26(16-14-25)23(27)28-20-9-6-5-7-10-20;1-2-15(8-12)7-9-4-3-5-10(6-9)14-11(13)16;1-5(2)6(3)4-7;2*1-2/h4,11-12,17,20,22H,2-3,5-10,13-16H2,1H3;2-6,8,12H,1,7H2,(H3,13,14,16);4-7H,1-3H3;2*1-2H3/t22-;;;;/m0..../s1. The van der Waals surface area contributed by atoms with Gasteiger partial charge in [0.05, 0.1) is 12.4 Å². The van der Waals surface area contributed by atoms with Crippen LogP contribution in [0.15, 0.2) is 67.9 Å². The van der Waals surface area contributed by atoms with Crippen molar-refractivity contribution in [3.8, 4) is 0 Å². The highest BCUT2D eigenvalue weighted by Gasteiger charge is 2.29. The van der Waals surface area contributed by atoms with Crippen LogP contribution in [0.25, 0.3) is 0 Å². The quantitative estimate of drug-likeness (QED) is 0.0910. The van der Waals surface area contributed by atoms with E-state index in [1.54, 1.807) is 23.2 Å². The zero-order chi connectivity index (χ0) is 41.8. The molecule has 0 aromatic heterocycles. The molecule has 4 rings (SSSR count). The van der Waals surface area contributed by atoms with E-state index in [0.29, 0.717) is 37.2 Å². The third kappa shape index (κ3) is 19.8. The lowest BCUT2D eigenvalue weighted by atomic mass is 9.95. The summed E-state index contributed by atoms with van der Waals surface area (Å²) in [5, 5.41) is 17.2. The maximum atomic E-state index is 12.5. The van der Waals surface area contributed by atoms with Gasteiger partial charge in [0.25, 0.3) is 0 Å². The smallest absolute Gasteiger partial charge is 0.410 e. The molecule has 5 N–H and O–H groups in total. The van der Waals surface area contributed by atoms with Crippen LogP contribution < -0.4 is 11.1 Å². The summed E-state index contributed by atoms with van der Waals surface area (Å²) in [6.45, 7) is 27.7. The first kappa shape index (κ1) is 50.9. The van der Waals surface area contributed by atoms with Gasteiger partial charge >= 0.3 is 12.1 Å². The number of hydrogen-bond donors (Lipinski definition) is 4. The van der Waals surface area contributed by atoms with Crippen LogP contribution in [0.2, 0.25) is 5.02 Å². The third-order valence-corrected chi connectivity index (χ3v) is 9.46. The number of aryl methyl sites for hydroxylation is 1. The summed E-state index contributed by atoms with van der Waals surface area (Å²) in [7, 11) is 0. The maximum Gasteiger partial charge on any atom is 0.410 e. The number of anilines is 1. The normalized spacial score (nSPS) is 14.9. The van der Waals surface area contributed by atoms with Crippen LogP contribution in [0.4, 0.5) is 15.3 Å². The number of urea groups is 1. The molecule has 10 nitrogen and oxygen atoms in total. The van der Waals surface area contributed by atoms with E-state index in [9.17, 15) is 9.59 Å². The molecule has 308 valence electrons. The van der Waals surface area contributed by atoms with Gasteiger partial charge in [-0.3, -0.25) is 10.3 Å². The van der Waals surface area contributed by atoms with Gasteiger partial charge in [0.1, 0.15) is 6.10 Å². The van der Waals surface area contributed by atoms with Gasteiger partial charge in [-0.05, 0) is 97.3 Å². The van der Waals surface area contributed by atoms with Crippen LogP contribution >= 0.6 is 11.6 Å². The van der Waals surface area contributed by atoms with Gasteiger partial charge < -0.3 is 31.0 Å². The third-order valence-electron chi connectivity index (χ3n) is 9.23. The van der Waals surface area contributed by atoms with Crippen LogP contribution in [0, 0.1) is 22.7 Å². The van der Waals surface area contributed by atoms with Crippen molar-refractivity contribution < 1.29 is 14.3 Å². The Morgan fingerprint density at radius 1 is 1.00 bits per heavy atom. The first-order valence-corrected chi connectivity index (χ1v) is 20.5. The first-order chi connectivity index (χ1) is 26.4. The van der Waals surface area contributed by atoms with E-state index in [1.807, 2.05) is 56.9 Å². The fourth-order valence-corrected chi connectivity index (χ4v) is 6.05. The van der Waals surface area contributed by atoms with Crippen molar-refractivity contribution >= 4 is 42.0 Å². The molecule has 3 amide bonds. The Hall–Kier alpha value is -4.15. The van der Waals surface area contributed by atoms with Gasteiger partial charge in [-0.1, -0.05) is 111 Å². The predicted octanol–water partition coefficient (Wildman–Crippen LogP) is 11.3. The Balaban J connectivity index is 0.000000909. The lowest BCUT2D eigenvalue weighted by molar-refractivity contribution is 0.0298. The molecule has 2 aromatic carbocycles. The van der Waals surface area contributed by atoms with E-state index in [1.165, 1.54) is 42.9 Å². The number of piperazine rings is 1. The maximum absolute atomic E-state index is 12.5. The summed E-state index contributed by atoms with van der Waals surface area (Å²) in [5.41, 5.74) is 9.17. The minimum Gasteiger partial charge on any atom is -0.446 e. The summed E-state index contributed by atoms with van der Waals surface area (Å²) in [5.74, 6) is 1.07. The fourth-order valence-electron chi connectivity index (χ4n) is 5.86. The number of carbonyl (C=O) groups is 2. The van der Waals surface area contributed by atoms with E-state index in [4.69, 9.17) is 32.9 Å². The molecule has 2 fully saturated rings. The van der Waals surface area contributed by atoms with Crippen LogP contribution in [-0.4, -0.2) is 71.7 Å². The number of amides is 3. The number of rotatable bonds is 13. The Bertz CT molecular complexity index is 1400. The molecular formula is C44H72ClN7O3. The molecule has 1 aliphatic carbocycles. The van der Waals surface area contributed by atoms with Gasteiger partial charge in [-0.2, -0.15) is 0 Å². The molecule has 2 aromatic rings. The molecule has 1 unspecified atom stereocenters. The molecule has 11 heteroatoms. The van der Waals surface area contributed by atoms with E-state index in [0.717, 1.165) is 49.4 Å². The average Bonchev–Trinajstić information content (AvgIpc) is 3.20. The first-order valence-electron chi connectivity index (χ1n) is 20.1. The SMILES string of the molecule is C=CN(C=N)Cc1cccc(NC(N)=O)c1.C=C[C@@H](c1ccc(Cl)cc1CCC)N1CCN(C(=O)OC2CCCCC2)CC1.CC.CC.CC(C)C(C)C=N. The van der Waals surface area contributed by atoms with Crippen molar-refractivity contribution in [3.05, 3.63) is 89.6 Å². The summed E-state index contributed by atoms with van der Waals surface area (Å²) in [4.78, 5) is 29.1. The topological polar surface area (TPSA) is 139 Å². The van der Waals surface area contributed by atoms with Crippen LogP contribution in [0.5, 0.6) is 0 Å². The lowest BCUT2D eigenvalue weighted by Gasteiger charge is -2.39. The largest absolute Gasteiger partial charge is 0.446 e. The molecule has 1 saturated heterocycles. The Morgan fingerprint density at radius 3 is 2.13 bits per heavy atom. The van der Waals surface area contributed by atoms with Gasteiger partial charge in [-0.25, -0.2) is 9.59 Å². The van der Waals surface area contributed by atoms with E-state index in [-0.39, 0.29) is 18.2 Å². The summed E-state index contributed by atoms with van der Waals surface area (Å²) >= 11 is 6.22. The van der Waals surface area contributed by atoms with Gasteiger partial charge in [0, 0.05) is 43.4 Å². The van der Waals surface area contributed by atoms with Crippen molar-refractivity contribution in [1.82, 2.24) is 14.7 Å². The van der Waals surface area contributed by atoms with E-state index >= 15 is 0 Å². The molecule has 55 heavy (non-hydrogen) atoms. The minimum absolute atomic E-state index is 0.117. The van der Waals surface area contributed by atoms with Crippen molar-refractivity contribution in [2.24, 2.45) is 17.6 Å². The highest BCUT2D eigenvalue weighted by molar-refractivity contribution is 6.30. The predicted molar refractivity (Wildman–Crippen MR) is 235 cm³/mol. The monoisotopic (exact) mass is 782 g/mol. The molecule has 1 aliphatic heterocycles. The molecular weight excluding hydrogens is 710 g/mol. The van der Waals surface area contributed by atoms with Crippen LogP contribution in [0.3, 0.4) is 0 Å². The Kier molecular flexibility index (Phi) is 27.8. The molecule has 0 spiro atoms. The number of nitrogens with two attached hydrogens (primary N) is 1. The van der Waals surface area contributed by atoms with Crippen molar-refractivity contribution in [2.75, 3.05) is 31.5 Å². The number of nitrogens with zero attached hydrogens (tertiary/aromatic N) is 3. The van der Waals surface area contributed by atoms with E-state index in [2.05, 4.69) is 63.2 Å². The number of hydrogen-bond acceptors (Lipinski definition) is 6. The molecule has 2 aliphatic rings. The zero-order valence-corrected chi connectivity index (χ0v) is 35.8. The highest BCUT2D eigenvalue weighted by Crippen LogP contribution is 2.30. The van der Waals surface area contributed by atoms with Crippen molar-refractivity contribution in [2.45, 2.75) is 119 Å². The number of halogens is 1. The molecule has 1 heterocycles. The molecule has 2 atom stereocenters. The average molecular weight is 783 g/mol. The Morgan fingerprint density at radius 2 is 1.64 bits per heavy atom. The second kappa shape index (κ2) is 30.1. The zero-order valence-electron chi connectivity index (χ0n) is 35.1. The molecule has 0 radical (unpaired) electrons. The van der Waals surface area contributed by atoms with Gasteiger partial charge in [0.15, 0.2) is 0 Å². The summed E-state index contributed by atoms with van der Waals surface area (Å²) in [6, 6.07) is 13.0. The lowest BCUT2D eigenvalue weighted by Crippen LogP contribution is -2.50. The minimum atomic E-state index is -0.593. The molecule has 0 bridgehead atoms. The van der Waals surface area contributed by atoms with E-state index < -0.39 is 6.03 Å². The van der Waals surface area contributed by atoms with Crippen molar-refractivity contribution in [3.63, 3.8) is 0 Å². The van der Waals surface area contributed by atoms with Crippen LogP contribution in [0.1, 0.15) is 117 Å². The van der Waals surface area contributed by atoms with Crippen molar-refractivity contribution in [1.29, 1.82) is 10.8 Å². The number of nitrogens with one attached hydrogen (secondary N) is 3. The van der Waals surface area contributed by atoms with Crippen LogP contribution in [-0.2, 0) is 17.7 Å². The number of primary amides is 1. The fraction of sp³-hybridized carbons (Fsp3) is 0.545. The molecule has 1 saturated carbocycles. The second-order valence-corrected chi connectivity index (χ2v) is 13.8. The highest BCUT2D eigenvalue weighted by atomic mass is 35.5. The number of carbonyl (C=O) groups excluding carboxylic acids is 2. The number of ether oxygens (including phenoxy) is 1. The second-order valence-electron chi connectivity index (χ2n) is 13.4.